The normalized spacial score (nSPS) is 47.3. The molecule has 2 saturated carbocycles. The molecule has 0 radical (unpaired) electrons. The highest BCUT2D eigenvalue weighted by Crippen LogP contribution is 2.63. The van der Waals surface area contributed by atoms with Gasteiger partial charge in [-0.25, -0.2) is 0 Å². The quantitative estimate of drug-likeness (QED) is 0.684. The number of hydrogen-bond donors (Lipinski definition) is 3. The summed E-state index contributed by atoms with van der Waals surface area (Å²) in [5, 5.41) is 30.1. The van der Waals surface area contributed by atoms with Crippen molar-refractivity contribution in [3.63, 3.8) is 0 Å². The summed E-state index contributed by atoms with van der Waals surface area (Å²) in [6.07, 6.45) is 7.41. The second-order valence-corrected chi connectivity index (χ2v) is 9.74. The molecule has 3 aliphatic carbocycles. The third-order valence-electron chi connectivity index (χ3n) is 7.63. The predicted octanol–water partition coefficient (Wildman–Crippen LogP) is 3.28. The average Bonchev–Trinajstić information content (AvgIpc) is 2.43. The molecule has 0 bridgehead atoms. The number of hydrogen-bond acceptors (Lipinski definition) is 3. The molecule has 0 saturated heterocycles. The minimum Gasteiger partial charge on any atom is -0.394 e. The first-order valence-electron chi connectivity index (χ1n) is 9.28. The van der Waals surface area contributed by atoms with Crippen molar-refractivity contribution in [2.24, 2.45) is 28.1 Å². The molecule has 0 aromatic heterocycles. The molecular formula is C20H34O3. The van der Waals surface area contributed by atoms with Crippen LogP contribution in [-0.4, -0.2) is 34.1 Å². The third kappa shape index (κ3) is 2.69. The summed E-state index contributed by atoms with van der Waals surface area (Å²) in [6.45, 7) is 8.99. The summed E-state index contributed by atoms with van der Waals surface area (Å²) in [6, 6.07) is 0. The van der Waals surface area contributed by atoms with E-state index in [1.165, 1.54) is 5.57 Å². The van der Waals surface area contributed by atoms with Crippen LogP contribution in [0.2, 0.25) is 0 Å². The molecule has 3 rings (SSSR count). The largest absolute Gasteiger partial charge is 0.394 e. The summed E-state index contributed by atoms with van der Waals surface area (Å²) >= 11 is 0. The molecule has 0 amide bonds. The number of aliphatic hydroxyl groups is 3. The van der Waals surface area contributed by atoms with E-state index in [2.05, 4.69) is 33.8 Å². The van der Waals surface area contributed by atoms with Crippen LogP contribution < -0.4 is 0 Å². The molecule has 3 N–H and O–H groups in total. The van der Waals surface area contributed by atoms with Crippen molar-refractivity contribution >= 4 is 0 Å². The Morgan fingerprint density at radius 3 is 2.57 bits per heavy atom. The molecule has 0 aromatic carbocycles. The van der Waals surface area contributed by atoms with Crippen LogP contribution in [0.1, 0.15) is 66.2 Å². The summed E-state index contributed by atoms with van der Waals surface area (Å²) in [5.41, 5.74) is 1.61. The zero-order chi connectivity index (χ0) is 17.0. The molecule has 3 heteroatoms. The first-order chi connectivity index (χ1) is 10.6. The molecule has 0 aliphatic heterocycles. The molecule has 23 heavy (non-hydrogen) atoms. The highest BCUT2D eigenvalue weighted by Gasteiger charge is 2.56. The molecule has 3 nitrogen and oxygen atoms in total. The Morgan fingerprint density at radius 1 is 1.22 bits per heavy atom. The van der Waals surface area contributed by atoms with Crippen molar-refractivity contribution < 1.29 is 15.3 Å². The Hall–Kier alpha value is -0.380. The van der Waals surface area contributed by atoms with Crippen molar-refractivity contribution in [1.29, 1.82) is 0 Å². The van der Waals surface area contributed by atoms with E-state index in [0.717, 1.165) is 38.5 Å². The highest BCUT2D eigenvalue weighted by molar-refractivity contribution is 5.24. The van der Waals surface area contributed by atoms with Crippen LogP contribution in [-0.2, 0) is 0 Å². The average molecular weight is 322 g/mol. The smallest absolute Gasteiger partial charge is 0.0827 e. The van der Waals surface area contributed by atoms with Gasteiger partial charge in [0.2, 0.25) is 0 Å². The molecule has 0 aromatic rings. The molecule has 0 heterocycles. The zero-order valence-electron chi connectivity index (χ0n) is 15.2. The van der Waals surface area contributed by atoms with Crippen molar-refractivity contribution in [2.75, 3.05) is 6.61 Å². The number of fused-ring (bicyclic) bond motifs is 3. The molecule has 6 atom stereocenters. The first-order valence-corrected chi connectivity index (χ1v) is 9.28. The summed E-state index contributed by atoms with van der Waals surface area (Å²) in [4.78, 5) is 0. The molecule has 3 aliphatic rings. The fraction of sp³-hybridized carbons (Fsp3) is 0.900. The monoisotopic (exact) mass is 322 g/mol. The van der Waals surface area contributed by atoms with Crippen LogP contribution >= 0.6 is 0 Å². The Balaban J connectivity index is 1.91. The van der Waals surface area contributed by atoms with Gasteiger partial charge in [0.15, 0.2) is 0 Å². The van der Waals surface area contributed by atoms with Crippen LogP contribution in [0.25, 0.3) is 0 Å². The Kier molecular flexibility index (Phi) is 4.23. The number of allylic oxidation sites excluding steroid dienone is 2. The maximum absolute atomic E-state index is 10.5. The second-order valence-electron chi connectivity index (χ2n) is 9.74. The number of rotatable bonds is 2. The van der Waals surface area contributed by atoms with Crippen molar-refractivity contribution in [1.82, 2.24) is 0 Å². The van der Waals surface area contributed by atoms with Crippen LogP contribution in [0.15, 0.2) is 11.6 Å². The molecular weight excluding hydrogens is 288 g/mol. The fourth-order valence-electron chi connectivity index (χ4n) is 6.42. The first kappa shape index (κ1) is 17.4. The lowest BCUT2D eigenvalue weighted by atomic mass is 9.45. The maximum atomic E-state index is 10.5. The van der Waals surface area contributed by atoms with Gasteiger partial charge in [-0.2, -0.15) is 0 Å². The fourth-order valence-corrected chi connectivity index (χ4v) is 6.42. The zero-order valence-corrected chi connectivity index (χ0v) is 15.2. The van der Waals surface area contributed by atoms with E-state index in [9.17, 15) is 15.3 Å². The van der Waals surface area contributed by atoms with Gasteiger partial charge in [-0.15, -0.1) is 0 Å². The van der Waals surface area contributed by atoms with Gasteiger partial charge in [0, 0.05) is 0 Å². The van der Waals surface area contributed by atoms with E-state index < -0.39 is 6.10 Å². The third-order valence-corrected chi connectivity index (χ3v) is 7.63. The van der Waals surface area contributed by atoms with Crippen molar-refractivity contribution in [3.8, 4) is 0 Å². The van der Waals surface area contributed by atoms with Gasteiger partial charge in [-0.1, -0.05) is 39.3 Å². The van der Waals surface area contributed by atoms with E-state index >= 15 is 0 Å². The molecule has 2 fully saturated rings. The van der Waals surface area contributed by atoms with Crippen LogP contribution in [0.4, 0.5) is 0 Å². The van der Waals surface area contributed by atoms with E-state index in [4.69, 9.17) is 0 Å². The van der Waals surface area contributed by atoms with E-state index in [0.29, 0.717) is 11.8 Å². The topological polar surface area (TPSA) is 60.7 Å². The molecule has 1 unspecified atom stereocenters. The second kappa shape index (κ2) is 5.57. The lowest BCUT2D eigenvalue weighted by Crippen LogP contribution is -2.54. The SMILES string of the molecule is CC1(C)C[C@@H](O)C[C@@]2(C)[C@@H]3CC[C@](C)(C(O)CO)CC3=CC[C@H]12. The molecule has 132 valence electrons. The molecule has 0 spiro atoms. The Morgan fingerprint density at radius 2 is 1.91 bits per heavy atom. The lowest BCUT2D eigenvalue weighted by molar-refractivity contribution is -0.109. The maximum Gasteiger partial charge on any atom is 0.0827 e. The van der Waals surface area contributed by atoms with Gasteiger partial charge >= 0.3 is 0 Å². The van der Waals surface area contributed by atoms with Gasteiger partial charge in [0.25, 0.3) is 0 Å². The summed E-state index contributed by atoms with van der Waals surface area (Å²) in [5.74, 6) is 1.15. The van der Waals surface area contributed by atoms with E-state index in [-0.39, 0.29) is 29.0 Å². The van der Waals surface area contributed by atoms with Gasteiger partial charge < -0.3 is 15.3 Å². The standard InChI is InChI=1S/C20H34O3/c1-18(2)10-14(22)11-20(4)15-7-8-19(3,17(23)12-21)9-13(15)5-6-16(18)20/h5,14-17,21-23H,6-12H2,1-4H3/t14-,15-,16-,17?,19+,20+/m1/s1. The highest BCUT2D eigenvalue weighted by atomic mass is 16.3. The summed E-state index contributed by atoms with van der Waals surface area (Å²) < 4.78 is 0. The van der Waals surface area contributed by atoms with Crippen LogP contribution in [0.3, 0.4) is 0 Å². The van der Waals surface area contributed by atoms with Crippen molar-refractivity contribution in [3.05, 3.63) is 11.6 Å². The Labute approximate surface area is 140 Å². The van der Waals surface area contributed by atoms with Gasteiger partial charge in [-0.3, -0.25) is 0 Å². The number of aliphatic hydroxyl groups excluding tert-OH is 3. The minimum absolute atomic E-state index is 0.153. The minimum atomic E-state index is -0.636. The van der Waals surface area contributed by atoms with Gasteiger partial charge in [0.1, 0.15) is 0 Å². The van der Waals surface area contributed by atoms with Crippen molar-refractivity contribution in [2.45, 2.75) is 78.4 Å². The Bertz CT molecular complexity index is 497. The van der Waals surface area contributed by atoms with Crippen LogP contribution in [0.5, 0.6) is 0 Å². The predicted molar refractivity (Wildman–Crippen MR) is 91.9 cm³/mol. The summed E-state index contributed by atoms with van der Waals surface area (Å²) in [7, 11) is 0. The lowest BCUT2D eigenvalue weighted by Gasteiger charge is -2.60. The van der Waals surface area contributed by atoms with Gasteiger partial charge in [-0.05, 0) is 66.6 Å². The van der Waals surface area contributed by atoms with Gasteiger partial charge in [0.05, 0.1) is 18.8 Å². The van der Waals surface area contributed by atoms with E-state index in [1.54, 1.807) is 0 Å². The van der Waals surface area contributed by atoms with Crippen LogP contribution in [0, 0.1) is 28.1 Å². The van der Waals surface area contributed by atoms with E-state index in [1.807, 2.05) is 0 Å².